The summed E-state index contributed by atoms with van der Waals surface area (Å²) in [5.41, 5.74) is 22.8. The van der Waals surface area contributed by atoms with Crippen molar-refractivity contribution in [2.24, 2.45) is 0 Å². The van der Waals surface area contributed by atoms with E-state index in [1.807, 2.05) is 0 Å². The SMILES string of the molecule is Cc1c(C)c(N2c3cccc4c3N3c5c2cccc5C(C)(C)c2cc(C(C)(C)C)cc(c23)C4(C)C)c(C)c(C)c1N1c2ccccc2Oc2ccccc21. The Morgan fingerprint density at radius 2 is 0.815 bits per heavy atom. The highest BCUT2D eigenvalue weighted by Crippen LogP contribution is 2.68. The van der Waals surface area contributed by atoms with Crippen LogP contribution in [0.1, 0.15) is 98.5 Å². The van der Waals surface area contributed by atoms with Gasteiger partial charge in [-0.05, 0) is 120 Å². The van der Waals surface area contributed by atoms with Crippen LogP contribution in [0.25, 0.3) is 0 Å². The largest absolute Gasteiger partial charge is 0.453 e. The molecule has 0 bridgehead atoms. The van der Waals surface area contributed by atoms with Crippen molar-refractivity contribution in [2.45, 2.75) is 92.4 Å². The van der Waals surface area contributed by atoms with Crippen LogP contribution in [0.15, 0.2) is 97.1 Å². The highest BCUT2D eigenvalue weighted by Gasteiger charge is 2.50. The number of ether oxygens (including phenoxy) is 1. The molecule has 4 aliphatic rings. The molecule has 0 amide bonds. The smallest absolute Gasteiger partial charge is 0.151 e. The lowest BCUT2D eigenvalue weighted by atomic mass is 9.64. The lowest BCUT2D eigenvalue weighted by Crippen LogP contribution is -2.41. The average Bonchev–Trinajstić information content (AvgIpc) is 3.14. The minimum atomic E-state index is -0.199. The van der Waals surface area contributed by atoms with Crippen LogP contribution in [0.2, 0.25) is 0 Å². The first-order chi connectivity index (χ1) is 25.6. The Hall–Kier alpha value is -5.48. The van der Waals surface area contributed by atoms with Crippen molar-refractivity contribution in [1.29, 1.82) is 0 Å². The van der Waals surface area contributed by atoms with Crippen LogP contribution in [-0.2, 0) is 16.2 Å². The standard InChI is InChI=1S/C50H49N3O/c1-28-30(3)44(31(4)29(2)43(28)51-37-20-12-14-24-41(37)54-42-25-15-13-21-38(42)51)52-39-22-16-18-33-46(39)53-45-35(49(33,8)9)26-32(48(5,6)7)27-36(45)50(10,11)34-19-17-23-40(52)47(34)53/h12-27H,1-11H3. The minimum absolute atomic E-state index is 0.0307. The van der Waals surface area contributed by atoms with E-state index in [1.54, 1.807) is 0 Å². The molecule has 0 fully saturated rings. The normalized spacial score (nSPS) is 16.4. The first-order valence-electron chi connectivity index (χ1n) is 19.5. The zero-order valence-electron chi connectivity index (χ0n) is 33.5. The van der Waals surface area contributed by atoms with E-state index in [1.165, 1.54) is 89.9 Å². The van der Waals surface area contributed by atoms with Crippen molar-refractivity contribution in [2.75, 3.05) is 14.7 Å². The topological polar surface area (TPSA) is 19.0 Å². The molecule has 0 unspecified atom stereocenters. The number of para-hydroxylation sites is 6. The Balaban J connectivity index is 1.26. The monoisotopic (exact) mass is 707 g/mol. The molecule has 0 aromatic heterocycles. The highest BCUT2D eigenvalue weighted by atomic mass is 16.5. The van der Waals surface area contributed by atoms with Gasteiger partial charge in [-0.1, -0.05) is 109 Å². The number of hydrogen-bond donors (Lipinski definition) is 0. The van der Waals surface area contributed by atoms with Crippen molar-refractivity contribution >= 4 is 51.2 Å². The third kappa shape index (κ3) is 4.04. The third-order valence-electron chi connectivity index (χ3n) is 13.3. The molecule has 10 rings (SSSR count). The van der Waals surface area contributed by atoms with Gasteiger partial charge in [-0.3, -0.25) is 0 Å². The predicted molar refractivity (Wildman–Crippen MR) is 226 cm³/mol. The number of benzene rings is 6. The molecule has 4 aliphatic heterocycles. The van der Waals surface area contributed by atoms with E-state index in [9.17, 15) is 0 Å². The van der Waals surface area contributed by atoms with Gasteiger partial charge in [0.1, 0.15) is 0 Å². The molecule has 54 heavy (non-hydrogen) atoms. The van der Waals surface area contributed by atoms with E-state index in [-0.39, 0.29) is 16.2 Å². The van der Waals surface area contributed by atoms with E-state index in [2.05, 4.69) is 188 Å². The fourth-order valence-corrected chi connectivity index (χ4v) is 10.0. The fraction of sp³-hybridized carbons (Fsp3) is 0.280. The van der Waals surface area contributed by atoms with E-state index in [0.29, 0.717) is 0 Å². The molecule has 270 valence electrons. The number of hydrogen-bond acceptors (Lipinski definition) is 4. The molecular formula is C50H49N3O. The summed E-state index contributed by atoms with van der Waals surface area (Å²) in [6, 6.07) is 35.9. The van der Waals surface area contributed by atoms with E-state index in [0.717, 1.165) is 22.9 Å². The van der Waals surface area contributed by atoms with Gasteiger partial charge in [0.2, 0.25) is 0 Å². The first kappa shape index (κ1) is 33.1. The molecule has 4 heterocycles. The number of fused-ring (bicyclic) bond motifs is 2. The lowest BCUT2D eigenvalue weighted by Gasteiger charge is -2.54. The lowest BCUT2D eigenvalue weighted by molar-refractivity contribution is 0.477. The Labute approximate surface area is 320 Å². The van der Waals surface area contributed by atoms with E-state index in [4.69, 9.17) is 4.74 Å². The molecule has 0 aliphatic carbocycles. The molecule has 0 radical (unpaired) electrons. The summed E-state index contributed by atoms with van der Waals surface area (Å²) in [5.74, 6) is 1.74. The predicted octanol–water partition coefficient (Wildman–Crippen LogP) is 14.3. The maximum Gasteiger partial charge on any atom is 0.151 e. The molecule has 0 N–H and O–H groups in total. The third-order valence-corrected chi connectivity index (χ3v) is 13.3. The first-order valence-corrected chi connectivity index (χ1v) is 19.5. The molecule has 0 atom stereocenters. The number of anilines is 9. The second kappa shape index (κ2) is 10.6. The maximum atomic E-state index is 6.45. The van der Waals surface area contributed by atoms with Crippen molar-refractivity contribution in [1.82, 2.24) is 0 Å². The zero-order chi connectivity index (χ0) is 37.8. The van der Waals surface area contributed by atoms with Crippen LogP contribution in [-0.4, -0.2) is 0 Å². The summed E-state index contributed by atoms with van der Waals surface area (Å²) in [6.45, 7) is 26.1. The molecule has 0 saturated carbocycles. The molecular weight excluding hydrogens is 659 g/mol. The summed E-state index contributed by atoms with van der Waals surface area (Å²) in [7, 11) is 0. The van der Waals surface area contributed by atoms with Crippen LogP contribution < -0.4 is 19.4 Å². The van der Waals surface area contributed by atoms with Gasteiger partial charge in [0.15, 0.2) is 11.5 Å². The molecule has 0 saturated heterocycles. The summed E-state index contributed by atoms with van der Waals surface area (Å²) < 4.78 is 6.45. The molecule has 6 aromatic rings. The number of nitrogens with zero attached hydrogens (tertiary/aromatic N) is 3. The van der Waals surface area contributed by atoms with Crippen LogP contribution in [0.5, 0.6) is 11.5 Å². The van der Waals surface area contributed by atoms with Crippen molar-refractivity contribution in [3.05, 3.63) is 147 Å². The van der Waals surface area contributed by atoms with Gasteiger partial charge >= 0.3 is 0 Å². The summed E-state index contributed by atoms with van der Waals surface area (Å²) in [5, 5.41) is 0. The van der Waals surface area contributed by atoms with Gasteiger partial charge in [-0.15, -0.1) is 0 Å². The van der Waals surface area contributed by atoms with Crippen molar-refractivity contribution in [3.63, 3.8) is 0 Å². The van der Waals surface area contributed by atoms with Gasteiger partial charge in [0.05, 0.1) is 51.2 Å². The molecule has 4 nitrogen and oxygen atoms in total. The van der Waals surface area contributed by atoms with Gasteiger partial charge in [-0.2, -0.15) is 0 Å². The summed E-state index contributed by atoms with van der Waals surface area (Å²) >= 11 is 0. The number of rotatable bonds is 2. The van der Waals surface area contributed by atoms with Gasteiger partial charge in [0, 0.05) is 10.8 Å². The van der Waals surface area contributed by atoms with Crippen LogP contribution in [0, 0.1) is 27.7 Å². The minimum Gasteiger partial charge on any atom is -0.453 e. The Morgan fingerprint density at radius 1 is 0.426 bits per heavy atom. The quantitative estimate of drug-likeness (QED) is 0.178. The van der Waals surface area contributed by atoms with Crippen LogP contribution in [0.3, 0.4) is 0 Å². The summed E-state index contributed by atoms with van der Waals surface area (Å²) in [4.78, 5) is 7.68. The second-order valence-electron chi connectivity index (χ2n) is 18.0. The Bertz CT molecular complexity index is 2470. The van der Waals surface area contributed by atoms with Crippen molar-refractivity contribution in [3.8, 4) is 11.5 Å². The molecule has 4 heteroatoms. The van der Waals surface area contributed by atoms with E-state index >= 15 is 0 Å². The molecule has 6 aromatic carbocycles. The molecule has 0 spiro atoms. The van der Waals surface area contributed by atoms with Gasteiger partial charge < -0.3 is 19.4 Å². The maximum absolute atomic E-state index is 6.45. The fourth-order valence-electron chi connectivity index (χ4n) is 10.0. The average molecular weight is 708 g/mol. The Morgan fingerprint density at radius 3 is 1.24 bits per heavy atom. The van der Waals surface area contributed by atoms with Gasteiger partial charge in [-0.25, -0.2) is 0 Å². The Kier molecular flexibility index (Phi) is 6.50. The van der Waals surface area contributed by atoms with Crippen molar-refractivity contribution < 1.29 is 4.74 Å². The van der Waals surface area contributed by atoms with Crippen LogP contribution in [0.4, 0.5) is 51.2 Å². The van der Waals surface area contributed by atoms with Gasteiger partial charge in [0.25, 0.3) is 0 Å². The van der Waals surface area contributed by atoms with E-state index < -0.39 is 0 Å². The van der Waals surface area contributed by atoms with Crippen LogP contribution >= 0.6 is 0 Å². The summed E-state index contributed by atoms with van der Waals surface area (Å²) in [6.07, 6.45) is 0. The zero-order valence-corrected chi connectivity index (χ0v) is 33.5. The highest BCUT2D eigenvalue weighted by molar-refractivity contribution is 6.09. The second-order valence-corrected chi connectivity index (χ2v) is 18.0.